The summed E-state index contributed by atoms with van der Waals surface area (Å²) in [6.45, 7) is 6.00. The van der Waals surface area contributed by atoms with E-state index in [1.165, 1.54) is 11.3 Å². The van der Waals surface area contributed by atoms with Gasteiger partial charge in [-0.05, 0) is 31.2 Å². The van der Waals surface area contributed by atoms with Gasteiger partial charge in [-0.3, -0.25) is 15.0 Å². The Hall–Kier alpha value is -2.07. The topological polar surface area (TPSA) is 72.3 Å². The monoisotopic (exact) mass is 461 g/mol. The molecule has 0 saturated carbocycles. The first-order valence-corrected chi connectivity index (χ1v) is 10.6. The van der Waals surface area contributed by atoms with Gasteiger partial charge in [0.25, 0.3) is 5.91 Å². The van der Waals surface area contributed by atoms with Crippen molar-refractivity contribution in [3.8, 4) is 5.69 Å². The number of benzene rings is 1. The second-order valence-corrected chi connectivity index (χ2v) is 8.29. The Labute approximate surface area is 175 Å². The summed E-state index contributed by atoms with van der Waals surface area (Å²) in [6.07, 6.45) is 1.59. The fourth-order valence-corrected chi connectivity index (χ4v) is 4.03. The summed E-state index contributed by atoms with van der Waals surface area (Å²) in [4.78, 5) is 19.5. The summed E-state index contributed by atoms with van der Waals surface area (Å²) < 4.78 is 8.12. The van der Waals surface area contributed by atoms with E-state index in [0.29, 0.717) is 10.7 Å². The number of nitrogens with zero attached hydrogens (tertiary/aromatic N) is 4. The third-order valence-electron chi connectivity index (χ3n) is 4.59. The molecule has 1 aliphatic rings. The number of rotatable bonds is 5. The first-order chi connectivity index (χ1) is 13.6. The number of carbonyl (C=O) groups is 1. The minimum atomic E-state index is -0.201. The molecule has 3 aromatic rings. The van der Waals surface area contributed by atoms with Crippen molar-refractivity contribution in [3.63, 3.8) is 0 Å². The van der Waals surface area contributed by atoms with Crippen molar-refractivity contribution in [1.29, 1.82) is 0 Å². The maximum absolute atomic E-state index is 12.7. The molecule has 7 nitrogen and oxygen atoms in total. The van der Waals surface area contributed by atoms with Crippen LogP contribution in [0.4, 0.5) is 5.13 Å². The molecule has 4 rings (SSSR count). The maximum Gasteiger partial charge on any atom is 0.260 e. The average molecular weight is 462 g/mol. The van der Waals surface area contributed by atoms with E-state index in [0.717, 1.165) is 54.4 Å². The van der Waals surface area contributed by atoms with Gasteiger partial charge in [0.15, 0.2) is 5.13 Å². The van der Waals surface area contributed by atoms with Gasteiger partial charge < -0.3 is 4.74 Å². The predicted octanol–water partition coefficient (Wildman–Crippen LogP) is 3.48. The third kappa shape index (κ3) is 4.33. The largest absolute Gasteiger partial charge is 0.379 e. The highest BCUT2D eigenvalue weighted by molar-refractivity contribution is 9.10. The molecular formula is C19H20BrN5O2S. The molecule has 0 atom stereocenters. The van der Waals surface area contributed by atoms with E-state index in [1.807, 2.05) is 36.6 Å². The summed E-state index contributed by atoms with van der Waals surface area (Å²) in [5.41, 5.74) is 3.18. The Morgan fingerprint density at radius 3 is 2.79 bits per heavy atom. The van der Waals surface area contributed by atoms with Crippen molar-refractivity contribution < 1.29 is 9.53 Å². The normalized spacial score (nSPS) is 14.9. The molecule has 3 heterocycles. The summed E-state index contributed by atoms with van der Waals surface area (Å²) in [6, 6.07) is 7.79. The van der Waals surface area contributed by atoms with Gasteiger partial charge >= 0.3 is 0 Å². The van der Waals surface area contributed by atoms with Gasteiger partial charge in [-0.1, -0.05) is 15.9 Å². The van der Waals surface area contributed by atoms with Crippen molar-refractivity contribution in [2.24, 2.45) is 0 Å². The summed E-state index contributed by atoms with van der Waals surface area (Å²) in [5.74, 6) is -0.201. The molecular weight excluding hydrogens is 442 g/mol. The standard InChI is InChI=1S/C19H20BrN5O2S/c1-13-17(10-21-25(13)16-4-2-14(20)3-5-16)18(26)23-19-22-15(12-28-19)11-24-6-8-27-9-7-24/h2-5,10,12H,6-9,11H2,1H3,(H,22,23,26). The van der Waals surface area contributed by atoms with Crippen molar-refractivity contribution in [1.82, 2.24) is 19.7 Å². The van der Waals surface area contributed by atoms with Crippen molar-refractivity contribution in [2.45, 2.75) is 13.5 Å². The second-order valence-electron chi connectivity index (χ2n) is 6.52. The molecule has 0 spiro atoms. The Kier molecular flexibility index (Phi) is 5.86. The molecule has 1 N–H and O–H groups in total. The third-order valence-corrected chi connectivity index (χ3v) is 5.92. The molecule has 9 heteroatoms. The van der Waals surface area contributed by atoms with Crippen LogP contribution in [0.3, 0.4) is 0 Å². The number of carbonyl (C=O) groups excluding carboxylic acids is 1. The maximum atomic E-state index is 12.7. The number of nitrogens with one attached hydrogen (secondary N) is 1. The number of halogens is 1. The van der Waals surface area contributed by atoms with Gasteiger partial charge in [0.2, 0.25) is 0 Å². The van der Waals surface area contributed by atoms with Crippen LogP contribution in [-0.4, -0.2) is 51.9 Å². The second kappa shape index (κ2) is 8.52. The SMILES string of the molecule is Cc1c(C(=O)Nc2nc(CN3CCOCC3)cs2)cnn1-c1ccc(Br)cc1. The van der Waals surface area contributed by atoms with Crippen LogP contribution >= 0.6 is 27.3 Å². The predicted molar refractivity (Wildman–Crippen MR) is 112 cm³/mol. The smallest absolute Gasteiger partial charge is 0.260 e. The molecule has 146 valence electrons. The van der Waals surface area contributed by atoms with Gasteiger partial charge in [0, 0.05) is 29.5 Å². The number of hydrogen-bond donors (Lipinski definition) is 1. The van der Waals surface area contributed by atoms with Crippen LogP contribution in [-0.2, 0) is 11.3 Å². The fraction of sp³-hybridized carbons (Fsp3) is 0.316. The molecule has 1 saturated heterocycles. The minimum absolute atomic E-state index is 0.201. The van der Waals surface area contributed by atoms with Gasteiger partial charge in [0.1, 0.15) is 0 Å². The molecule has 1 fully saturated rings. The van der Waals surface area contributed by atoms with Crippen LogP contribution in [0.15, 0.2) is 40.3 Å². The number of morpholine rings is 1. The first kappa shape index (κ1) is 19.3. The molecule has 0 bridgehead atoms. The number of thiazole rings is 1. The Bertz CT molecular complexity index is 963. The van der Waals surface area contributed by atoms with Crippen LogP contribution in [0.2, 0.25) is 0 Å². The highest BCUT2D eigenvalue weighted by Gasteiger charge is 2.17. The molecule has 1 amide bonds. The van der Waals surface area contributed by atoms with Crippen molar-refractivity contribution >= 4 is 38.3 Å². The summed E-state index contributed by atoms with van der Waals surface area (Å²) in [5, 5.41) is 9.85. The zero-order valence-electron chi connectivity index (χ0n) is 15.4. The number of ether oxygens (including phenoxy) is 1. The van der Waals surface area contributed by atoms with Crippen molar-refractivity contribution in [3.05, 3.63) is 57.3 Å². The number of anilines is 1. The van der Waals surface area contributed by atoms with Crippen LogP contribution < -0.4 is 5.32 Å². The average Bonchev–Trinajstić information content (AvgIpc) is 3.29. The van der Waals surface area contributed by atoms with Crippen LogP contribution in [0.1, 0.15) is 21.7 Å². The highest BCUT2D eigenvalue weighted by Crippen LogP contribution is 2.21. The lowest BCUT2D eigenvalue weighted by Gasteiger charge is -2.25. The highest BCUT2D eigenvalue weighted by atomic mass is 79.9. The fourth-order valence-electron chi connectivity index (χ4n) is 3.06. The molecule has 28 heavy (non-hydrogen) atoms. The zero-order chi connectivity index (χ0) is 19.5. The molecule has 2 aromatic heterocycles. The van der Waals surface area contributed by atoms with Crippen LogP contribution in [0.25, 0.3) is 5.69 Å². The first-order valence-electron chi connectivity index (χ1n) is 8.96. The lowest BCUT2D eigenvalue weighted by molar-refractivity contribution is 0.0337. The van der Waals surface area contributed by atoms with Gasteiger partial charge in [-0.15, -0.1) is 11.3 Å². The molecule has 0 radical (unpaired) electrons. The van der Waals surface area contributed by atoms with E-state index >= 15 is 0 Å². The quantitative estimate of drug-likeness (QED) is 0.629. The van der Waals surface area contributed by atoms with Gasteiger partial charge in [-0.2, -0.15) is 5.10 Å². The van der Waals surface area contributed by atoms with Gasteiger partial charge in [-0.25, -0.2) is 9.67 Å². The number of amides is 1. The van der Waals surface area contributed by atoms with Crippen LogP contribution in [0, 0.1) is 6.92 Å². The molecule has 0 unspecified atom stereocenters. The van der Waals surface area contributed by atoms with E-state index in [-0.39, 0.29) is 5.91 Å². The lowest BCUT2D eigenvalue weighted by atomic mass is 10.2. The molecule has 0 aliphatic carbocycles. The lowest BCUT2D eigenvalue weighted by Crippen LogP contribution is -2.35. The number of hydrogen-bond acceptors (Lipinski definition) is 6. The van der Waals surface area contributed by atoms with Crippen LogP contribution in [0.5, 0.6) is 0 Å². The number of aromatic nitrogens is 3. The van der Waals surface area contributed by atoms with E-state index in [4.69, 9.17) is 4.74 Å². The van der Waals surface area contributed by atoms with E-state index in [2.05, 4.69) is 36.2 Å². The van der Waals surface area contributed by atoms with E-state index in [1.54, 1.807) is 10.9 Å². The zero-order valence-corrected chi connectivity index (χ0v) is 17.8. The Morgan fingerprint density at radius 1 is 1.29 bits per heavy atom. The Morgan fingerprint density at radius 2 is 2.04 bits per heavy atom. The molecule has 1 aromatic carbocycles. The Balaban J connectivity index is 1.43. The van der Waals surface area contributed by atoms with Crippen molar-refractivity contribution in [2.75, 3.05) is 31.6 Å². The minimum Gasteiger partial charge on any atom is -0.379 e. The molecule has 1 aliphatic heterocycles. The van der Waals surface area contributed by atoms with E-state index < -0.39 is 0 Å². The summed E-state index contributed by atoms with van der Waals surface area (Å²) >= 11 is 4.86. The van der Waals surface area contributed by atoms with E-state index in [9.17, 15) is 4.79 Å². The van der Waals surface area contributed by atoms with Gasteiger partial charge in [0.05, 0.1) is 42.0 Å². The summed E-state index contributed by atoms with van der Waals surface area (Å²) in [7, 11) is 0.